The van der Waals surface area contributed by atoms with E-state index >= 15 is 0 Å². The second kappa shape index (κ2) is 38.0. The number of nitrogens with zero attached hydrogens (tertiary/aromatic N) is 2. The van der Waals surface area contributed by atoms with Crippen molar-refractivity contribution < 1.29 is 37.9 Å². The Kier molecular flexibility index (Phi) is 33.7. The van der Waals surface area contributed by atoms with Crippen LogP contribution in [0.15, 0.2) is 134 Å². The SMILES string of the molecule is CC(C)=CCC/C(C)=C/CC/C(C)=C/CC/C=C(\C)CC/C=C(\C)CCC(=O)Nc1ccn([C@H]2C[C@H](OC(=O)CC/C(C)=C/CC/C(C)=C/CC/C=C(\C)CC/C=C(\C)CCC=C(C)C)[C@@H](COP(=O)(O)O)O2)c(=O)n1. The van der Waals surface area contributed by atoms with Gasteiger partial charge in [0, 0.05) is 25.5 Å². The van der Waals surface area contributed by atoms with E-state index < -0.39 is 44.5 Å². The van der Waals surface area contributed by atoms with Crippen LogP contribution in [-0.2, 0) is 28.2 Å². The van der Waals surface area contributed by atoms with Crippen LogP contribution in [0.5, 0.6) is 0 Å². The number of esters is 1. The van der Waals surface area contributed by atoms with Crippen molar-refractivity contribution in [3.05, 3.63) is 139 Å². The highest BCUT2D eigenvalue weighted by Gasteiger charge is 2.40. The van der Waals surface area contributed by atoms with Gasteiger partial charge in [-0.3, -0.25) is 18.7 Å². The highest BCUT2D eigenvalue weighted by molar-refractivity contribution is 7.46. The Hall–Kier alpha value is -4.71. The van der Waals surface area contributed by atoms with Gasteiger partial charge < -0.3 is 24.6 Å². The van der Waals surface area contributed by atoms with Gasteiger partial charge in [-0.15, -0.1) is 0 Å². The molecule has 0 bridgehead atoms. The number of rotatable bonds is 36. The maximum Gasteiger partial charge on any atom is 0.469 e. The van der Waals surface area contributed by atoms with Crippen LogP contribution < -0.4 is 11.0 Å². The Morgan fingerprint density at radius 3 is 1.33 bits per heavy atom. The largest absolute Gasteiger partial charge is 0.469 e. The first-order chi connectivity index (χ1) is 36.0. The van der Waals surface area contributed by atoms with Gasteiger partial charge in [-0.2, -0.15) is 4.98 Å². The van der Waals surface area contributed by atoms with E-state index in [1.807, 2.05) is 13.8 Å². The molecule has 1 amide bonds. The molecule has 13 heteroatoms. The molecule has 1 fully saturated rings. The lowest BCUT2D eigenvalue weighted by molar-refractivity contribution is -0.152. The van der Waals surface area contributed by atoms with Gasteiger partial charge >= 0.3 is 19.5 Å². The van der Waals surface area contributed by atoms with Crippen molar-refractivity contribution in [2.45, 2.75) is 236 Å². The molecule has 2 heterocycles. The lowest BCUT2D eigenvalue weighted by atomic mass is 10.0. The van der Waals surface area contributed by atoms with E-state index in [9.17, 15) is 28.7 Å². The number of aromatic nitrogens is 2. The predicted octanol–water partition coefficient (Wildman–Crippen LogP) is 16.8. The molecular weight excluding hydrogens is 974 g/mol. The summed E-state index contributed by atoms with van der Waals surface area (Å²) >= 11 is 0. The summed E-state index contributed by atoms with van der Waals surface area (Å²) in [5.74, 6) is -0.699. The fraction of sp³-hybridized carbons (Fsp3) is 0.587. The summed E-state index contributed by atoms with van der Waals surface area (Å²) < 4.78 is 29.2. The molecule has 0 spiro atoms. The van der Waals surface area contributed by atoms with Gasteiger partial charge in [-0.25, -0.2) is 9.36 Å². The normalized spacial score (nSPS) is 17.5. The van der Waals surface area contributed by atoms with E-state index in [0.29, 0.717) is 12.8 Å². The van der Waals surface area contributed by atoms with E-state index in [2.05, 4.69) is 140 Å². The lowest BCUT2D eigenvalue weighted by Crippen LogP contribution is -2.31. The number of phosphoric acid groups is 1. The van der Waals surface area contributed by atoms with Gasteiger partial charge in [0.15, 0.2) is 0 Å². The van der Waals surface area contributed by atoms with Gasteiger partial charge in [-0.1, -0.05) is 116 Å². The summed E-state index contributed by atoms with van der Waals surface area (Å²) in [6, 6.07) is 1.48. The Labute approximate surface area is 458 Å². The summed E-state index contributed by atoms with van der Waals surface area (Å²) in [4.78, 5) is 62.0. The molecule has 76 heavy (non-hydrogen) atoms. The van der Waals surface area contributed by atoms with Gasteiger partial charge in [0.2, 0.25) is 5.91 Å². The minimum Gasteiger partial charge on any atom is -0.459 e. The number of anilines is 1. The average Bonchev–Trinajstić information content (AvgIpc) is 3.73. The molecule has 1 aromatic rings. The van der Waals surface area contributed by atoms with Crippen molar-refractivity contribution in [2.24, 2.45) is 0 Å². The van der Waals surface area contributed by atoms with Crippen LogP contribution in [0.2, 0.25) is 0 Å². The Bertz CT molecular complexity index is 2400. The van der Waals surface area contributed by atoms with E-state index in [1.165, 1.54) is 61.4 Å². The molecule has 1 aliphatic heterocycles. The molecule has 3 N–H and O–H groups in total. The standard InChI is InChI=1S/C63H98N3O9P/c1-47(2)23-17-29-53(9)35-19-31-49(5)25-13-15-27-51(7)33-21-37-55(11)39-41-60(67)64-59-43-44-66(63(69)65-59)61-45-57(58(74-61)46-73-76(70,71)72)75-62(68)42-40-56(12)38-22-34-52(8)28-16-14-26-50(6)32-20-36-54(10)30-18-24-48(3)4/h23-28,35-38,43-44,57-58,61H,13-22,29-34,39-42,45-46H2,1-12H3,(H2,70,71,72)(H,64,65,67,69)/b49-25+,50-26+,51-27+,52-28+,53-35+,54-36+,55-37+,56-38+/t57-,58+,61+/m0/s1. The zero-order valence-corrected chi connectivity index (χ0v) is 49.7. The maximum absolute atomic E-state index is 13.2. The fourth-order valence-electron chi connectivity index (χ4n) is 8.56. The molecule has 1 saturated heterocycles. The van der Waals surface area contributed by atoms with E-state index in [0.717, 1.165) is 114 Å². The topological polar surface area (TPSA) is 166 Å². The minimum absolute atomic E-state index is 0.0198. The molecule has 3 atom stereocenters. The number of unbranched alkanes of at least 4 members (excludes halogenated alkanes) is 2. The van der Waals surface area contributed by atoms with Crippen LogP contribution >= 0.6 is 7.82 Å². The van der Waals surface area contributed by atoms with Crippen LogP contribution in [-0.4, -0.2) is 50.0 Å². The predicted molar refractivity (Wildman–Crippen MR) is 315 cm³/mol. The zero-order valence-electron chi connectivity index (χ0n) is 48.8. The lowest BCUT2D eigenvalue weighted by Gasteiger charge is -2.19. The number of allylic oxidation sites excluding steroid dienone is 20. The van der Waals surface area contributed by atoms with Crippen molar-refractivity contribution in [2.75, 3.05) is 11.9 Å². The highest BCUT2D eigenvalue weighted by atomic mass is 31.2. The number of hydrogen-bond donors (Lipinski definition) is 3. The van der Waals surface area contributed by atoms with Crippen LogP contribution in [0.25, 0.3) is 0 Å². The third kappa shape index (κ3) is 33.4. The number of phosphoric ester groups is 1. The van der Waals surface area contributed by atoms with Crippen LogP contribution in [0.4, 0.5) is 5.82 Å². The number of carbonyl (C=O) groups is 2. The monoisotopic (exact) mass is 1070 g/mol. The van der Waals surface area contributed by atoms with Gasteiger partial charge in [-0.05, 0) is 205 Å². The first-order valence-electron chi connectivity index (χ1n) is 27.9. The van der Waals surface area contributed by atoms with Crippen molar-refractivity contribution in [1.82, 2.24) is 9.55 Å². The van der Waals surface area contributed by atoms with Gasteiger partial charge in [0.05, 0.1) is 6.61 Å². The summed E-state index contributed by atoms with van der Waals surface area (Å²) in [5, 5.41) is 2.70. The highest BCUT2D eigenvalue weighted by Crippen LogP contribution is 2.39. The number of amides is 1. The molecule has 1 aromatic heterocycles. The molecule has 0 aromatic carbocycles. The molecule has 2 rings (SSSR count). The van der Waals surface area contributed by atoms with Crippen molar-refractivity contribution in [3.8, 4) is 0 Å². The molecular formula is C63H98N3O9P. The first-order valence-corrected chi connectivity index (χ1v) is 29.5. The average molecular weight is 1070 g/mol. The molecule has 0 saturated carbocycles. The molecule has 424 valence electrons. The second-order valence-corrected chi connectivity index (χ2v) is 22.8. The van der Waals surface area contributed by atoms with Gasteiger partial charge in [0.25, 0.3) is 0 Å². The van der Waals surface area contributed by atoms with Crippen LogP contribution in [0.3, 0.4) is 0 Å². The molecule has 0 unspecified atom stereocenters. The number of ether oxygens (including phenoxy) is 2. The van der Waals surface area contributed by atoms with Gasteiger partial charge in [0.1, 0.15) is 24.3 Å². The molecule has 1 aliphatic rings. The quantitative estimate of drug-likeness (QED) is 0.0255. The Morgan fingerprint density at radius 2 is 0.947 bits per heavy atom. The van der Waals surface area contributed by atoms with Crippen molar-refractivity contribution in [1.29, 1.82) is 0 Å². The number of nitrogens with one attached hydrogen (secondary N) is 1. The van der Waals surface area contributed by atoms with E-state index in [4.69, 9.17) is 14.0 Å². The summed E-state index contributed by atoms with van der Waals surface area (Å²) in [6.07, 6.45) is 39.4. The minimum atomic E-state index is -4.87. The van der Waals surface area contributed by atoms with E-state index in [-0.39, 0.29) is 31.0 Å². The molecule has 12 nitrogen and oxygen atoms in total. The second-order valence-electron chi connectivity index (χ2n) is 21.6. The maximum atomic E-state index is 13.2. The molecule has 0 radical (unpaired) electrons. The molecule has 0 aliphatic carbocycles. The van der Waals surface area contributed by atoms with E-state index in [1.54, 1.807) is 0 Å². The Balaban J connectivity index is 1.81. The smallest absolute Gasteiger partial charge is 0.459 e. The number of hydrogen-bond acceptors (Lipinski definition) is 8. The fourth-order valence-corrected chi connectivity index (χ4v) is 8.90. The number of carbonyl (C=O) groups excluding carboxylic acids is 2. The summed E-state index contributed by atoms with van der Waals surface area (Å²) in [5.41, 5.74) is 12.7. The van der Waals surface area contributed by atoms with Crippen LogP contribution in [0.1, 0.15) is 224 Å². The third-order valence-corrected chi connectivity index (χ3v) is 13.8. The first kappa shape index (κ1) is 67.4. The van der Waals surface area contributed by atoms with Crippen molar-refractivity contribution in [3.63, 3.8) is 0 Å². The summed E-state index contributed by atoms with van der Waals surface area (Å²) in [6.45, 7) is 25.2. The Morgan fingerprint density at radius 1 is 0.579 bits per heavy atom. The zero-order chi connectivity index (χ0) is 56.5. The third-order valence-electron chi connectivity index (χ3n) is 13.4. The van der Waals surface area contributed by atoms with Crippen molar-refractivity contribution >= 4 is 25.5 Å². The van der Waals surface area contributed by atoms with Crippen LogP contribution in [0, 0.1) is 0 Å². The summed E-state index contributed by atoms with van der Waals surface area (Å²) in [7, 11) is -4.87.